The van der Waals surface area contributed by atoms with E-state index in [0.717, 1.165) is 0 Å². The molecule has 0 aromatic heterocycles. The zero-order valence-electron chi connectivity index (χ0n) is 16.0. The summed E-state index contributed by atoms with van der Waals surface area (Å²) in [6.45, 7) is 11.0. The highest BCUT2D eigenvalue weighted by atomic mass is 16.6. The average Bonchev–Trinajstić information content (AvgIpc) is 2.71. The van der Waals surface area contributed by atoms with Crippen molar-refractivity contribution in [3.8, 4) is 0 Å². The van der Waals surface area contributed by atoms with E-state index in [4.69, 9.17) is 14.2 Å². The summed E-state index contributed by atoms with van der Waals surface area (Å²) in [4.78, 5) is 36.2. The summed E-state index contributed by atoms with van der Waals surface area (Å²) in [6.07, 6.45) is 0.964. The molecule has 6 heteroatoms. The standard InChI is InChI=1S/C19H30O6/c1-10-9-14-15(11(2)24-17(14)21)16(18(22)25-19(4,5)6)13(10)7-8-23-12(3)20/h10-11,13-16H,7-9H2,1-6H3/t10-,11+,13+,14+,15+,16-/m0/s1. The number of carbonyl (C=O) groups is 3. The normalized spacial score (nSPS) is 34.9. The van der Waals surface area contributed by atoms with Gasteiger partial charge in [0.25, 0.3) is 0 Å². The Morgan fingerprint density at radius 1 is 1.24 bits per heavy atom. The molecule has 1 saturated carbocycles. The molecule has 6 atom stereocenters. The Morgan fingerprint density at radius 2 is 1.88 bits per heavy atom. The molecule has 0 N–H and O–H groups in total. The third-order valence-corrected chi connectivity index (χ3v) is 5.28. The maximum Gasteiger partial charge on any atom is 0.310 e. The van der Waals surface area contributed by atoms with Crippen LogP contribution >= 0.6 is 0 Å². The number of ether oxygens (including phenoxy) is 3. The van der Waals surface area contributed by atoms with Crippen LogP contribution in [0.4, 0.5) is 0 Å². The molecule has 1 aliphatic heterocycles. The van der Waals surface area contributed by atoms with Crippen LogP contribution in [-0.4, -0.2) is 36.2 Å². The number of esters is 3. The molecule has 1 heterocycles. The van der Waals surface area contributed by atoms with Crippen LogP contribution < -0.4 is 0 Å². The maximum atomic E-state index is 13.0. The first-order valence-electron chi connectivity index (χ1n) is 9.08. The number of carbonyl (C=O) groups excluding carboxylic acids is 3. The summed E-state index contributed by atoms with van der Waals surface area (Å²) in [6, 6.07) is 0. The van der Waals surface area contributed by atoms with E-state index < -0.39 is 11.5 Å². The van der Waals surface area contributed by atoms with Gasteiger partial charge in [-0.15, -0.1) is 0 Å². The lowest BCUT2D eigenvalue weighted by Gasteiger charge is -2.42. The maximum absolute atomic E-state index is 13.0. The molecule has 0 unspecified atom stereocenters. The molecular formula is C19H30O6. The van der Waals surface area contributed by atoms with Crippen LogP contribution in [0.15, 0.2) is 0 Å². The molecule has 25 heavy (non-hydrogen) atoms. The van der Waals surface area contributed by atoms with Gasteiger partial charge >= 0.3 is 17.9 Å². The lowest BCUT2D eigenvalue weighted by atomic mass is 9.61. The van der Waals surface area contributed by atoms with Crippen molar-refractivity contribution in [2.45, 2.75) is 66.1 Å². The van der Waals surface area contributed by atoms with Crippen molar-refractivity contribution in [1.29, 1.82) is 0 Å². The van der Waals surface area contributed by atoms with Crippen molar-refractivity contribution < 1.29 is 28.6 Å². The van der Waals surface area contributed by atoms with Crippen molar-refractivity contribution in [3.05, 3.63) is 0 Å². The van der Waals surface area contributed by atoms with Crippen LogP contribution in [0.25, 0.3) is 0 Å². The third kappa shape index (κ3) is 4.53. The van der Waals surface area contributed by atoms with Crippen LogP contribution in [0.5, 0.6) is 0 Å². The predicted octanol–water partition coefficient (Wildman–Crippen LogP) is 2.73. The predicted molar refractivity (Wildman–Crippen MR) is 90.4 cm³/mol. The average molecular weight is 354 g/mol. The Hall–Kier alpha value is -1.59. The molecule has 0 bridgehead atoms. The smallest absolute Gasteiger partial charge is 0.310 e. The van der Waals surface area contributed by atoms with Gasteiger partial charge in [-0.3, -0.25) is 14.4 Å². The molecule has 0 radical (unpaired) electrons. The Labute approximate surface area is 149 Å². The molecule has 2 rings (SSSR count). The molecule has 2 aliphatic rings. The second-order valence-corrected chi connectivity index (χ2v) is 8.39. The summed E-state index contributed by atoms with van der Waals surface area (Å²) >= 11 is 0. The number of rotatable bonds is 4. The van der Waals surface area contributed by atoms with Crippen LogP contribution in [-0.2, 0) is 28.6 Å². The third-order valence-electron chi connectivity index (χ3n) is 5.28. The van der Waals surface area contributed by atoms with E-state index in [-0.39, 0.29) is 54.3 Å². The number of hydrogen-bond acceptors (Lipinski definition) is 6. The molecule has 1 aliphatic carbocycles. The Morgan fingerprint density at radius 3 is 2.44 bits per heavy atom. The van der Waals surface area contributed by atoms with Crippen molar-refractivity contribution in [3.63, 3.8) is 0 Å². The Balaban J connectivity index is 2.26. The van der Waals surface area contributed by atoms with Gasteiger partial charge in [-0.25, -0.2) is 0 Å². The monoisotopic (exact) mass is 354 g/mol. The second-order valence-electron chi connectivity index (χ2n) is 8.39. The van der Waals surface area contributed by atoms with Crippen molar-refractivity contribution in [2.75, 3.05) is 6.61 Å². The van der Waals surface area contributed by atoms with E-state index in [1.807, 2.05) is 34.6 Å². The molecule has 2 fully saturated rings. The summed E-state index contributed by atoms with van der Waals surface area (Å²) in [5, 5.41) is 0. The topological polar surface area (TPSA) is 78.9 Å². The van der Waals surface area contributed by atoms with Gasteiger partial charge in [-0.05, 0) is 52.4 Å². The highest BCUT2D eigenvalue weighted by molar-refractivity contribution is 5.80. The number of fused-ring (bicyclic) bond motifs is 1. The van der Waals surface area contributed by atoms with Crippen molar-refractivity contribution in [2.24, 2.45) is 29.6 Å². The number of cyclic esters (lactones) is 1. The zero-order valence-corrected chi connectivity index (χ0v) is 16.0. The van der Waals surface area contributed by atoms with E-state index >= 15 is 0 Å². The minimum Gasteiger partial charge on any atom is -0.466 e. The Bertz CT molecular complexity index is 535. The first-order valence-corrected chi connectivity index (χ1v) is 9.08. The quantitative estimate of drug-likeness (QED) is 0.570. The molecule has 142 valence electrons. The summed E-state index contributed by atoms with van der Waals surface area (Å²) in [5.41, 5.74) is -0.597. The SMILES string of the molecule is CC(=O)OCC[C@H]1[C@H](C(=O)OC(C)(C)C)[C@@H]2[C@@H](C)OC(=O)[C@@H]2C[C@@H]1C. The van der Waals surface area contributed by atoms with E-state index in [1.54, 1.807) is 0 Å². The summed E-state index contributed by atoms with van der Waals surface area (Å²) < 4.78 is 16.2. The van der Waals surface area contributed by atoms with E-state index in [2.05, 4.69) is 0 Å². The van der Waals surface area contributed by atoms with Gasteiger partial charge in [0.2, 0.25) is 0 Å². The summed E-state index contributed by atoms with van der Waals surface area (Å²) in [5.74, 6) is -1.55. The van der Waals surface area contributed by atoms with E-state index in [1.165, 1.54) is 6.92 Å². The molecule has 0 aromatic carbocycles. The molecule has 0 spiro atoms. The van der Waals surface area contributed by atoms with Gasteiger partial charge in [0.1, 0.15) is 11.7 Å². The van der Waals surface area contributed by atoms with Crippen molar-refractivity contribution >= 4 is 17.9 Å². The number of hydrogen-bond donors (Lipinski definition) is 0. The molecule has 0 aromatic rings. The van der Waals surface area contributed by atoms with Gasteiger partial charge < -0.3 is 14.2 Å². The highest BCUT2D eigenvalue weighted by Crippen LogP contribution is 2.50. The van der Waals surface area contributed by atoms with Crippen LogP contribution in [0.2, 0.25) is 0 Å². The van der Waals surface area contributed by atoms with Crippen molar-refractivity contribution in [1.82, 2.24) is 0 Å². The fraction of sp³-hybridized carbons (Fsp3) is 0.842. The molecular weight excluding hydrogens is 324 g/mol. The van der Waals surface area contributed by atoms with Gasteiger partial charge in [0.05, 0.1) is 18.4 Å². The van der Waals surface area contributed by atoms with E-state index in [9.17, 15) is 14.4 Å². The molecule has 0 amide bonds. The van der Waals surface area contributed by atoms with Crippen LogP contribution in [0.3, 0.4) is 0 Å². The fourth-order valence-corrected chi connectivity index (χ4v) is 4.35. The van der Waals surface area contributed by atoms with Crippen LogP contribution in [0.1, 0.15) is 54.4 Å². The lowest BCUT2D eigenvalue weighted by Crippen LogP contribution is -2.47. The minimum atomic E-state index is -0.597. The fourth-order valence-electron chi connectivity index (χ4n) is 4.35. The first kappa shape index (κ1) is 19.7. The van der Waals surface area contributed by atoms with Gasteiger partial charge in [-0.1, -0.05) is 6.92 Å². The molecule has 1 saturated heterocycles. The zero-order chi connectivity index (χ0) is 18.9. The second kappa shape index (κ2) is 7.34. The lowest BCUT2D eigenvalue weighted by molar-refractivity contribution is -0.170. The highest BCUT2D eigenvalue weighted by Gasteiger charge is 2.56. The van der Waals surface area contributed by atoms with Crippen LogP contribution in [0, 0.1) is 29.6 Å². The van der Waals surface area contributed by atoms with E-state index in [0.29, 0.717) is 12.8 Å². The largest absolute Gasteiger partial charge is 0.466 e. The first-order chi connectivity index (χ1) is 11.5. The van der Waals surface area contributed by atoms with Gasteiger partial charge in [-0.2, -0.15) is 0 Å². The minimum absolute atomic E-state index is 0.00704. The van der Waals surface area contributed by atoms with Gasteiger partial charge in [0.15, 0.2) is 0 Å². The summed E-state index contributed by atoms with van der Waals surface area (Å²) in [7, 11) is 0. The Kier molecular flexibility index (Phi) is 5.79. The molecule has 6 nitrogen and oxygen atoms in total. The van der Waals surface area contributed by atoms with Gasteiger partial charge in [0, 0.05) is 12.8 Å².